The molecular formula is C10H6N2O4. The molecule has 1 N–H and O–H groups in total. The van der Waals surface area contributed by atoms with E-state index in [2.05, 4.69) is 4.98 Å². The maximum absolute atomic E-state index is 10.9. The molecule has 0 aliphatic carbocycles. The Hall–Kier alpha value is -2.50. The maximum atomic E-state index is 10.9. The highest BCUT2D eigenvalue weighted by Crippen LogP contribution is 2.26. The fourth-order valence-corrected chi connectivity index (χ4v) is 1.49. The number of hydrogen-bond donors (Lipinski definition) is 1. The largest absolute Gasteiger partial charge is 0.476 e. The van der Waals surface area contributed by atoms with Crippen LogP contribution < -0.4 is 0 Å². The Morgan fingerprint density at radius 3 is 2.50 bits per heavy atom. The molecule has 0 fully saturated rings. The number of nitro groups is 1. The van der Waals surface area contributed by atoms with Gasteiger partial charge in [-0.3, -0.25) is 10.1 Å². The van der Waals surface area contributed by atoms with Gasteiger partial charge >= 0.3 is 5.97 Å². The summed E-state index contributed by atoms with van der Waals surface area (Å²) in [6.45, 7) is 0. The van der Waals surface area contributed by atoms with Crippen molar-refractivity contribution in [3.05, 3.63) is 46.3 Å². The van der Waals surface area contributed by atoms with Crippen molar-refractivity contribution < 1.29 is 14.8 Å². The lowest BCUT2D eigenvalue weighted by molar-refractivity contribution is -0.383. The summed E-state index contributed by atoms with van der Waals surface area (Å²) in [5.74, 6) is -1.20. The van der Waals surface area contributed by atoms with Gasteiger partial charge in [0, 0.05) is 5.39 Å². The first-order valence-corrected chi connectivity index (χ1v) is 4.36. The van der Waals surface area contributed by atoms with E-state index in [-0.39, 0.29) is 22.2 Å². The lowest BCUT2D eigenvalue weighted by Gasteiger charge is -2.01. The molecule has 16 heavy (non-hydrogen) atoms. The molecule has 1 heterocycles. The van der Waals surface area contributed by atoms with Gasteiger partial charge in [0.15, 0.2) is 5.69 Å². The summed E-state index contributed by atoms with van der Waals surface area (Å²) in [5.41, 5.74) is -0.373. The standard InChI is InChI=1S/C10H6N2O4/c13-10(14)9-7-4-2-1-3-6(7)8(5-11-9)12(15)16/h1-5H,(H,13,14). The third kappa shape index (κ3) is 1.46. The molecule has 0 aliphatic heterocycles. The third-order valence-corrected chi connectivity index (χ3v) is 2.17. The Labute approximate surface area is 89.3 Å². The van der Waals surface area contributed by atoms with E-state index in [1.807, 2.05) is 0 Å². The van der Waals surface area contributed by atoms with Gasteiger partial charge in [0.05, 0.1) is 10.3 Å². The monoisotopic (exact) mass is 218 g/mol. The molecule has 2 aromatic rings. The van der Waals surface area contributed by atoms with Gasteiger partial charge in [-0.15, -0.1) is 0 Å². The minimum Gasteiger partial charge on any atom is -0.476 e. The minimum atomic E-state index is -1.20. The van der Waals surface area contributed by atoms with Crippen molar-refractivity contribution in [2.75, 3.05) is 0 Å². The number of hydrogen-bond acceptors (Lipinski definition) is 4. The zero-order chi connectivity index (χ0) is 11.7. The maximum Gasteiger partial charge on any atom is 0.355 e. The summed E-state index contributed by atoms with van der Waals surface area (Å²) < 4.78 is 0. The molecule has 0 saturated heterocycles. The third-order valence-electron chi connectivity index (χ3n) is 2.17. The van der Waals surface area contributed by atoms with Gasteiger partial charge in [-0.25, -0.2) is 9.78 Å². The lowest BCUT2D eigenvalue weighted by atomic mass is 10.1. The fraction of sp³-hybridized carbons (Fsp3) is 0. The highest BCUT2D eigenvalue weighted by molar-refractivity contribution is 6.04. The summed E-state index contributed by atoms with van der Waals surface area (Å²) in [5, 5.41) is 20.1. The summed E-state index contributed by atoms with van der Waals surface area (Å²) >= 11 is 0. The molecular weight excluding hydrogens is 212 g/mol. The number of pyridine rings is 1. The zero-order valence-corrected chi connectivity index (χ0v) is 7.95. The van der Waals surface area contributed by atoms with Crippen molar-refractivity contribution in [3.8, 4) is 0 Å². The van der Waals surface area contributed by atoms with Crippen LogP contribution in [0.4, 0.5) is 5.69 Å². The number of carboxylic acids is 1. The summed E-state index contributed by atoms with van der Waals surface area (Å²) in [7, 11) is 0. The molecule has 1 aromatic heterocycles. The number of fused-ring (bicyclic) bond motifs is 1. The first-order valence-electron chi connectivity index (χ1n) is 4.36. The highest BCUT2D eigenvalue weighted by atomic mass is 16.6. The van der Waals surface area contributed by atoms with Crippen molar-refractivity contribution in [2.24, 2.45) is 0 Å². The van der Waals surface area contributed by atoms with Crippen LogP contribution in [0.25, 0.3) is 10.8 Å². The second kappa shape index (κ2) is 3.58. The number of aromatic nitrogens is 1. The van der Waals surface area contributed by atoms with E-state index in [0.717, 1.165) is 6.20 Å². The average Bonchev–Trinajstić information content (AvgIpc) is 2.27. The van der Waals surface area contributed by atoms with E-state index in [1.165, 1.54) is 12.1 Å². The second-order valence-corrected chi connectivity index (χ2v) is 3.10. The van der Waals surface area contributed by atoms with Crippen LogP contribution in [-0.4, -0.2) is 21.0 Å². The van der Waals surface area contributed by atoms with E-state index < -0.39 is 10.9 Å². The molecule has 0 amide bonds. The van der Waals surface area contributed by atoms with Gasteiger partial charge < -0.3 is 5.11 Å². The van der Waals surface area contributed by atoms with Crippen molar-refractivity contribution in [3.63, 3.8) is 0 Å². The van der Waals surface area contributed by atoms with Crippen LogP contribution in [0.1, 0.15) is 10.5 Å². The average molecular weight is 218 g/mol. The van der Waals surface area contributed by atoms with Gasteiger partial charge in [0.1, 0.15) is 6.20 Å². The van der Waals surface area contributed by atoms with Gasteiger partial charge in [0.2, 0.25) is 0 Å². The first-order chi connectivity index (χ1) is 7.61. The van der Waals surface area contributed by atoms with Crippen LogP contribution in [-0.2, 0) is 0 Å². The van der Waals surface area contributed by atoms with Crippen LogP contribution in [0.2, 0.25) is 0 Å². The number of carbonyl (C=O) groups is 1. The zero-order valence-electron chi connectivity index (χ0n) is 7.95. The van der Waals surface area contributed by atoms with E-state index in [9.17, 15) is 14.9 Å². The molecule has 0 bridgehead atoms. The predicted molar refractivity (Wildman–Crippen MR) is 55.4 cm³/mol. The topological polar surface area (TPSA) is 93.3 Å². The van der Waals surface area contributed by atoms with Crippen LogP contribution in [0.15, 0.2) is 30.5 Å². The van der Waals surface area contributed by atoms with Crippen molar-refractivity contribution in [1.82, 2.24) is 4.98 Å². The van der Waals surface area contributed by atoms with E-state index in [1.54, 1.807) is 12.1 Å². The molecule has 6 nitrogen and oxygen atoms in total. The summed E-state index contributed by atoms with van der Waals surface area (Å²) in [6, 6.07) is 6.22. The van der Waals surface area contributed by atoms with Gasteiger partial charge in [-0.2, -0.15) is 0 Å². The van der Waals surface area contributed by atoms with Crippen LogP contribution >= 0.6 is 0 Å². The Bertz CT molecular complexity index is 542. The van der Waals surface area contributed by atoms with Gasteiger partial charge in [0.25, 0.3) is 5.69 Å². The van der Waals surface area contributed by atoms with Crippen molar-refractivity contribution >= 4 is 22.4 Å². The lowest BCUT2D eigenvalue weighted by Crippen LogP contribution is -2.02. The smallest absolute Gasteiger partial charge is 0.355 e. The van der Waals surface area contributed by atoms with Crippen LogP contribution in [0, 0.1) is 10.1 Å². The van der Waals surface area contributed by atoms with Gasteiger partial charge in [-0.1, -0.05) is 18.2 Å². The Morgan fingerprint density at radius 1 is 1.31 bits per heavy atom. The second-order valence-electron chi connectivity index (χ2n) is 3.10. The van der Waals surface area contributed by atoms with Crippen LogP contribution in [0.5, 0.6) is 0 Å². The molecule has 0 radical (unpaired) electrons. The summed E-state index contributed by atoms with van der Waals surface area (Å²) in [6.07, 6.45) is 0.964. The molecule has 0 aliphatic rings. The van der Waals surface area contributed by atoms with E-state index in [4.69, 9.17) is 5.11 Å². The van der Waals surface area contributed by atoms with Crippen molar-refractivity contribution in [2.45, 2.75) is 0 Å². The number of aromatic carboxylic acids is 1. The molecule has 80 valence electrons. The SMILES string of the molecule is O=C(O)c1ncc([N+](=O)[O-])c2ccccc12. The minimum absolute atomic E-state index is 0.179. The highest BCUT2D eigenvalue weighted by Gasteiger charge is 2.18. The number of rotatable bonds is 2. The van der Waals surface area contributed by atoms with Gasteiger partial charge in [-0.05, 0) is 6.07 Å². The number of benzene rings is 1. The molecule has 2 rings (SSSR count). The Morgan fingerprint density at radius 2 is 1.94 bits per heavy atom. The molecule has 0 unspecified atom stereocenters. The molecule has 0 atom stereocenters. The summed E-state index contributed by atoms with van der Waals surface area (Å²) in [4.78, 5) is 24.6. The Kier molecular flexibility index (Phi) is 2.24. The van der Waals surface area contributed by atoms with Crippen molar-refractivity contribution in [1.29, 1.82) is 0 Å². The molecule has 0 saturated carbocycles. The Balaban J connectivity index is 2.87. The first kappa shape index (κ1) is 10.0. The fourth-order valence-electron chi connectivity index (χ4n) is 1.49. The molecule has 0 spiro atoms. The van der Waals surface area contributed by atoms with E-state index in [0.29, 0.717) is 0 Å². The van der Waals surface area contributed by atoms with E-state index >= 15 is 0 Å². The predicted octanol–water partition coefficient (Wildman–Crippen LogP) is 1.84. The normalized spacial score (nSPS) is 10.2. The molecule has 6 heteroatoms. The molecule has 1 aromatic carbocycles. The number of nitrogens with zero attached hydrogens (tertiary/aromatic N) is 2. The quantitative estimate of drug-likeness (QED) is 0.613. The van der Waals surface area contributed by atoms with Crippen LogP contribution in [0.3, 0.4) is 0 Å². The number of carboxylic acid groups (broad SMARTS) is 1.